The van der Waals surface area contributed by atoms with Crippen molar-refractivity contribution >= 4 is 17.0 Å². The molecule has 0 atom stereocenters. The number of nitrogens with zero attached hydrogens (tertiary/aromatic N) is 2. The average Bonchev–Trinajstić information content (AvgIpc) is 3.33. The fourth-order valence-corrected chi connectivity index (χ4v) is 2.88. The summed E-state index contributed by atoms with van der Waals surface area (Å²) in [6.45, 7) is 0.982. The second-order valence-corrected chi connectivity index (χ2v) is 6.14. The molecule has 2 aliphatic carbocycles. The van der Waals surface area contributed by atoms with E-state index < -0.39 is 5.97 Å². The van der Waals surface area contributed by atoms with E-state index in [-0.39, 0.29) is 0 Å². The van der Waals surface area contributed by atoms with Gasteiger partial charge in [-0.3, -0.25) is 0 Å². The first-order chi connectivity index (χ1) is 9.72. The Bertz CT molecular complexity index is 681. The molecule has 104 valence electrons. The maximum Gasteiger partial charge on any atom is 0.335 e. The van der Waals surface area contributed by atoms with Crippen molar-refractivity contribution in [2.24, 2.45) is 5.92 Å². The minimum Gasteiger partial charge on any atom is -0.478 e. The van der Waals surface area contributed by atoms with Gasteiger partial charge < -0.3 is 9.67 Å². The maximum absolute atomic E-state index is 11.2. The van der Waals surface area contributed by atoms with Crippen LogP contribution >= 0.6 is 0 Å². The van der Waals surface area contributed by atoms with E-state index in [0.717, 1.165) is 23.5 Å². The normalized spacial score (nSPS) is 18.6. The van der Waals surface area contributed by atoms with E-state index in [1.54, 1.807) is 12.1 Å². The molecule has 0 spiro atoms. The van der Waals surface area contributed by atoms with Gasteiger partial charge in [-0.1, -0.05) is 12.8 Å². The fourth-order valence-electron chi connectivity index (χ4n) is 2.88. The summed E-state index contributed by atoms with van der Waals surface area (Å²) >= 11 is 0. The number of benzene rings is 1. The lowest BCUT2D eigenvalue weighted by atomic mass is 10.2. The summed E-state index contributed by atoms with van der Waals surface area (Å²) in [6, 6.07) is 5.28. The van der Waals surface area contributed by atoms with Crippen molar-refractivity contribution in [1.82, 2.24) is 9.55 Å². The lowest BCUT2D eigenvalue weighted by Gasteiger charge is -2.08. The lowest BCUT2D eigenvalue weighted by molar-refractivity contribution is 0.0697. The van der Waals surface area contributed by atoms with Crippen LogP contribution in [0.1, 0.15) is 54.2 Å². The highest BCUT2D eigenvalue weighted by Crippen LogP contribution is 2.41. The molecule has 2 aliphatic rings. The van der Waals surface area contributed by atoms with Crippen molar-refractivity contribution in [2.45, 2.75) is 44.6 Å². The monoisotopic (exact) mass is 270 g/mol. The van der Waals surface area contributed by atoms with Crippen LogP contribution in [0.4, 0.5) is 0 Å². The lowest BCUT2D eigenvalue weighted by Crippen LogP contribution is -2.04. The van der Waals surface area contributed by atoms with Crippen LogP contribution in [0.2, 0.25) is 0 Å². The number of aryl methyl sites for hydroxylation is 1. The zero-order valence-electron chi connectivity index (χ0n) is 11.4. The van der Waals surface area contributed by atoms with E-state index in [2.05, 4.69) is 4.57 Å². The van der Waals surface area contributed by atoms with Crippen molar-refractivity contribution in [2.75, 3.05) is 0 Å². The predicted molar refractivity (Wildman–Crippen MR) is 76.0 cm³/mol. The summed E-state index contributed by atoms with van der Waals surface area (Å²) < 4.78 is 2.28. The van der Waals surface area contributed by atoms with Crippen molar-refractivity contribution in [3.63, 3.8) is 0 Å². The molecule has 0 saturated heterocycles. The van der Waals surface area contributed by atoms with E-state index in [1.165, 1.54) is 37.9 Å². The summed E-state index contributed by atoms with van der Waals surface area (Å²) in [5.41, 5.74) is 2.28. The van der Waals surface area contributed by atoms with Crippen molar-refractivity contribution < 1.29 is 9.90 Å². The molecule has 2 fully saturated rings. The van der Waals surface area contributed by atoms with Crippen molar-refractivity contribution in [3.8, 4) is 0 Å². The first kappa shape index (κ1) is 11.9. The predicted octanol–water partition coefficient (Wildman–Crippen LogP) is 3.41. The molecule has 20 heavy (non-hydrogen) atoms. The minimum atomic E-state index is -0.866. The number of aromatic nitrogens is 2. The Kier molecular flexibility index (Phi) is 2.59. The molecule has 1 N–H and O–H groups in total. The molecule has 1 aromatic carbocycles. The number of imidazole rings is 1. The number of hydrogen-bond acceptors (Lipinski definition) is 2. The Hall–Kier alpha value is -1.84. The van der Waals surface area contributed by atoms with Crippen LogP contribution in [0.5, 0.6) is 0 Å². The first-order valence-corrected chi connectivity index (χ1v) is 7.46. The van der Waals surface area contributed by atoms with Crippen LogP contribution < -0.4 is 0 Å². The SMILES string of the molecule is O=C(O)c1ccc2nc(C3CC3)n(CCC3CC3)c2c1. The van der Waals surface area contributed by atoms with Crippen LogP contribution in [0.3, 0.4) is 0 Å². The highest BCUT2D eigenvalue weighted by Gasteiger charge is 2.30. The summed E-state index contributed by atoms with van der Waals surface area (Å²) in [5.74, 6) is 1.77. The van der Waals surface area contributed by atoms with Gasteiger partial charge in [-0.05, 0) is 43.4 Å². The molecular weight excluding hydrogens is 252 g/mol. The van der Waals surface area contributed by atoms with Gasteiger partial charge in [0.1, 0.15) is 5.82 Å². The summed E-state index contributed by atoms with van der Waals surface area (Å²) in [7, 11) is 0. The molecular formula is C16H18N2O2. The fraction of sp³-hybridized carbons (Fsp3) is 0.500. The molecule has 0 bridgehead atoms. The molecule has 0 aliphatic heterocycles. The standard InChI is InChI=1S/C16H18N2O2/c19-16(20)12-5-6-13-14(9-12)18(8-7-10-1-2-10)15(17-13)11-3-4-11/h5-6,9-11H,1-4,7-8H2,(H,19,20). The first-order valence-electron chi connectivity index (χ1n) is 7.46. The van der Waals surface area contributed by atoms with Crippen LogP contribution in [0, 0.1) is 5.92 Å². The molecule has 1 aromatic heterocycles. The quantitative estimate of drug-likeness (QED) is 0.905. The summed E-state index contributed by atoms with van der Waals surface area (Å²) in [5, 5.41) is 9.16. The number of rotatable bonds is 5. The molecule has 2 aromatic rings. The zero-order chi connectivity index (χ0) is 13.7. The maximum atomic E-state index is 11.2. The molecule has 0 amide bonds. The van der Waals surface area contributed by atoms with Gasteiger partial charge in [-0.25, -0.2) is 9.78 Å². The van der Waals surface area contributed by atoms with Crippen LogP contribution in [-0.2, 0) is 6.54 Å². The highest BCUT2D eigenvalue weighted by molar-refractivity contribution is 5.92. The molecule has 4 rings (SSSR count). The number of carboxylic acids is 1. The Morgan fingerprint density at radius 1 is 1.30 bits per heavy atom. The minimum absolute atomic E-state index is 0.354. The van der Waals surface area contributed by atoms with E-state index >= 15 is 0 Å². The number of hydrogen-bond donors (Lipinski definition) is 1. The number of aromatic carboxylic acids is 1. The van der Waals surface area contributed by atoms with Gasteiger partial charge in [-0.2, -0.15) is 0 Å². The van der Waals surface area contributed by atoms with Crippen LogP contribution in [-0.4, -0.2) is 20.6 Å². The van der Waals surface area contributed by atoms with Crippen molar-refractivity contribution in [1.29, 1.82) is 0 Å². The smallest absolute Gasteiger partial charge is 0.335 e. The molecule has 2 saturated carbocycles. The van der Waals surface area contributed by atoms with E-state index in [9.17, 15) is 4.79 Å². The van der Waals surface area contributed by atoms with Crippen LogP contribution in [0.15, 0.2) is 18.2 Å². The average molecular weight is 270 g/mol. The highest BCUT2D eigenvalue weighted by atomic mass is 16.4. The Morgan fingerprint density at radius 3 is 2.75 bits per heavy atom. The molecule has 1 heterocycles. The Morgan fingerprint density at radius 2 is 2.10 bits per heavy atom. The third-order valence-electron chi connectivity index (χ3n) is 4.43. The third-order valence-corrected chi connectivity index (χ3v) is 4.43. The molecule has 4 heteroatoms. The third kappa shape index (κ3) is 2.09. The van der Waals surface area contributed by atoms with Crippen molar-refractivity contribution in [3.05, 3.63) is 29.6 Å². The summed E-state index contributed by atoms with van der Waals surface area (Å²) in [4.78, 5) is 15.9. The summed E-state index contributed by atoms with van der Waals surface area (Å²) in [6.07, 6.45) is 6.34. The van der Waals surface area contributed by atoms with Gasteiger partial charge in [-0.15, -0.1) is 0 Å². The second kappa shape index (κ2) is 4.33. The van der Waals surface area contributed by atoms with Gasteiger partial charge >= 0.3 is 5.97 Å². The van der Waals surface area contributed by atoms with Gasteiger partial charge in [0.15, 0.2) is 0 Å². The Balaban J connectivity index is 1.78. The van der Waals surface area contributed by atoms with Gasteiger partial charge in [0.05, 0.1) is 16.6 Å². The van der Waals surface area contributed by atoms with Gasteiger partial charge in [0.2, 0.25) is 0 Å². The number of carboxylic acid groups (broad SMARTS) is 1. The zero-order valence-corrected chi connectivity index (χ0v) is 11.4. The number of fused-ring (bicyclic) bond motifs is 1. The topological polar surface area (TPSA) is 55.1 Å². The second-order valence-electron chi connectivity index (χ2n) is 6.14. The largest absolute Gasteiger partial charge is 0.478 e. The molecule has 0 unspecified atom stereocenters. The molecule has 0 radical (unpaired) electrons. The molecule has 4 nitrogen and oxygen atoms in total. The van der Waals surface area contributed by atoms with Gasteiger partial charge in [0.25, 0.3) is 0 Å². The number of carbonyl (C=O) groups is 1. The van der Waals surface area contributed by atoms with Gasteiger partial charge in [0, 0.05) is 12.5 Å². The van der Waals surface area contributed by atoms with E-state index in [0.29, 0.717) is 11.5 Å². The van der Waals surface area contributed by atoms with E-state index in [1.807, 2.05) is 6.07 Å². The van der Waals surface area contributed by atoms with Crippen LogP contribution in [0.25, 0.3) is 11.0 Å². The van der Waals surface area contributed by atoms with E-state index in [4.69, 9.17) is 10.1 Å². The Labute approximate surface area is 117 Å².